The predicted octanol–water partition coefficient (Wildman–Crippen LogP) is 0.751. The normalized spacial score (nSPS) is 17.9. The highest BCUT2D eigenvalue weighted by molar-refractivity contribution is 7.89. The Labute approximate surface area is 117 Å². The minimum absolute atomic E-state index is 0.134. The van der Waals surface area contributed by atoms with Crippen molar-refractivity contribution >= 4 is 21.8 Å². The third-order valence-electron chi connectivity index (χ3n) is 3.17. The van der Waals surface area contributed by atoms with E-state index in [9.17, 15) is 13.2 Å². The van der Waals surface area contributed by atoms with Crippen LogP contribution in [0.2, 0.25) is 0 Å². The molecule has 8 heteroatoms. The van der Waals surface area contributed by atoms with Crippen LogP contribution >= 0.6 is 0 Å². The molecule has 0 aliphatic carbocycles. The van der Waals surface area contributed by atoms with Gasteiger partial charge in [0.2, 0.25) is 10.0 Å². The molecule has 7 nitrogen and oxygen atoms in total. The van der Waals surface area contributed by atoms with Crippen LogP contribution < -0.4 is 5.32 Å². The molecule has 1 aromatic rings. The Morgan fingerprint density at radius 3 is 2.70 bits per heavy atom. The van der Waals surface area contributed by atoms with Gasteiger partial charge in [0.25, 0.3) is 0 Å². The van der Waals surface area contributed by atoms with Crippen molar-refractivity contribution in [2.45, 2.75) is 30.7 Å². The summed E-state index contributed by atoms with van der Waals surface area (Å²) < 4.78 is 26.2. The molecule has 1 aromatic heterocycles. The van der Waals surface area contributed by atoms with Gasteiger partial charge in [-0.15, -0.1) is 0 Å². The van der Waals surface area contributed by atoms with Gasteiger partial charge in [-0.2, -0.15) is 4.31 Å². The Balaban J connectivity index is 2.23. The molecule has 0 amide bonds. The second-order valence-electron chi connectivity index (χ2n) is 4.69. The standard InChI is InChI=1S/C12H17N3O4S/c1-9(12(16)17)14-11-8-10(4-5-13-11)20(18,19)15-6-2-3-7-15/h4-5,8-9H,2-3,6-7H2,1H3,(H,13,14)(H,16,17)/t9-/m1/s1. The van der Waals surface area contributed by atoms with Crippen molar-refractivity contribution in [3.8, 4) is 0 Å². The Hall–Kier alpha value is -1.67. The number of aromatic nitrogens is 1. The van der Waals surface area contributed by atoms with Gasteiger partial charge in [0.05, 0.1) is 4.90 Å². The molecule has 1 fully saturated rings. The summed E-state index contributed by atoms with van der Waals surface area (Å²) in [5.41, 5.74) is 0. The van der Waals surface area contributed by atoms with Crippen LogP contribution in [0.15, 0.2) is 23.2 Å². The van der Waals surface area contributed by atoms with Gasteiger partial charge >= 0.3 is 5.97 Å². The van der Waals surface area contributed by atoms with Crippen molar-refractivity contribution in [1.29, 1.82) is 0 Å². The highest BCUT2D eigenvalue weighted by Crippen LogP contribution is 2.22. The molecular formula is C12H17N3O4S. The van der Waals surface area contributed by atoms with E-state index in [1.165, 1.54) is 29.6 Å². The number of nitrogens with one attached hydrogen (secondary N) is 1. The Morgan fingerprint density at radius 2 is 2.10 bits per heavy atom. The van der Waals surface area contributed by atoms with Gasteiger partial charge in [-0.1, -0.05) is 0 Å². The molecule has 0 saturated carbocycles. The minimum atomic E-state index is -3.51. The Bertz CT molecular complexity index is 596. The Kier molecular flexibility index (Phi) is 4.24. The van der Waals surface area contributed by atoms with Crippen LogP contribution in [0.4, 0.5) is 5.82 Å². The van der Waals surface area contributed by atoms with Gasteiger partial charge in [0, 0.05) is 25.4 Å². The first-order valence-corrected chi connectivity index (χ1v) is 7.81. The lowest BCUT2D eigenvalue weighted by atomic mass is 10.3. The topological polar surface area (TPSA) is 99.6 Å². The molecule has 2 N–H and O–H groups in total. The van der Waals surface area contributed by atoms with E-state index in [4.69, 9.17) is 5.11 Å². The second-order valence-corrected chi connectivity index (χ2v) is 6.63. The molecule has 1 saturated heterocycles. The predicted molar refractivity (Wildman–Crippen MR) is 73.0 cm³/mol. The van der Waals surface area contributed by atoms with Gasteiger partial charge < -0.3 is 10.4 Å². The van der Waals surface area contributed by atoms with E-state index in [0.29, 0.717) is 13.1 Å². The van der Waals surface area contributed by atoms with E-state index < -0.39 is 22.0 Å². The first kappa shape index (κ1) is 14.7. The molecule has 2 rings (SSSR count). The molecule has 0 aromatic carbocycles. The molecule has 1 atom stereocenters. The molecule has 0 unspecified atom stereocenters. The molecule has 20 heavy (non-hydrogen) atoms. The maximum atomic E-state index is 12.4. The fourth-order valence-corrected chi connectivity index (χ4v) is 3.54. The monoisotopic (exact) mass is 299 g/mol. The van der Waals surface area contributed by atoms with E-state index in [1.54, 1.807) is 0 Å². The smallest absolute Gasteiger partial charge is 0.325 e. The van der Waals surface area contributed by atoms with Crippen molar-refractivity contribution in [1.82, 2.24) is 9.29 Å². The van der Waals surface area contributed by atoms with E-state index in [2.05, 4.69) is 10.3 Å². The average molecular weight is 299 g/mol. The maximum Gasteiger partial charge on any atom is 0.325 e. The highest BCUT2D eigenvalue weighted by atomic mass is 32.2. The zero-order chi connectivity index (χ0) is 14.8. The average Bonchev–Trinajstić information content (AvgIpc) is 2.93. The number of carboxylic acids is 1. The number of carbonyl (C=O) groups is 1. The van der Waals surface area contributed by atoms with Crippen molar-refractivity contribution in [3.63, 3.8) is 0 Å². The lowest BCUT2D eigenvalue weighted by Crippen LogP contribution is -2.28. The van der Waals surface area contributed by atoms with Crippen LogP contribution in [0.25, 0.3) is 0 Å². The fraction of sp³-hybridized carbons (Fsp3) is 0.500. The molecule has 1 aliphatic rings. The largest absolute Gasteiger partial charge is 0.480 e. The SMILES string of the molecule is C[C@@H](Nc1cc(S(=O)(=O)N2CCCC2)ccn1)C(=O)O. The number of sulfonamides is 1. The van der Waals surface area contributed by atoms with Crippen LogP contribution in [-0.2, 0) is 14.8 Å². The number of pyridine rings is 1. The zero-order valence-corrected chi connectivity index (χ0v) is 11.9. The Morgan fingerprint density at radius 1 is 1.45 bits per heavy atom. The van der Waals surface area contributed by atoms with Crippen molar-refractivity contribution < 1.29 is 18.3 Å². The minimum Gasteiger partial charge on any atom is -0.480 e. The lowest BCUT2D eigenvalue weighted by molar-refractivity contribution is -0.137. The molecule has 0 spiro atoms. The molecule has 0 bridgehead atoms. The fourth-order valence-electron chi connectivity index (χ4n) is 2.01. The zero-order valence-electron chi connectivity index (χ0n) is 11.1. The van der Waals surface area contributed by atoms with Gasteiger partial charge in [-0.05, 0) is 25.8 Å². The van der Waals surface area contributed by atoms with Crippen molar-refractivity contribution in [3.05, 3.63) is 18.3 Å². The van der Waals surface area contributed by atoms with Crippen LogP contribution in [0.1, 0.15) is 19.8 Å². The molecular weight excluding hydrogens is 282 g/mol. The van der Waals surface area contributed by atoms with Crippen LogP contribution in [0.5, 0.6) is 0 Å². The van der Waals surface area contributed by atoms with E-state index in [-0.39, 0.29) is 10.7 Å². The number of hydrogen-bond acceptors (Lipinski definition) is 5. The summed E-state index contributed by atoms with van der Waals surface area (Å²) in [6.45, 7) is 2.52. The lowest BCUT2D eigenvalue weighted by Gasteiger charge is -2.16. The third-order valence-corrected chi connectivity index (χ3v) is 5.06. The van der Waals surface area contributed by atoms with E-state index in [0.717, 1.165) is 12.8 Å². The number of rotatable bonds is 5. The van der Waals surface area contributed by atoms with Gasteiger partial charge in [-0.25, -0.2) is 13.4 Å². The van der Waals surface area contributed by atoms with Crippen LogP contribution in [0, 0.1) is 0 Å². The molecule has 0 radical (unpaired) electrons. The third kappa shape index (κ3) is 3.07. The molecule has 110 valence electrons. The van der Waals surface area contributed by atoms with Gasteiger partial charge in [-0.3, -0.25) is 4.79 Å². The number of nitrogens with zero attached hydrogens (tertiary/aromatic N) is 2. The van der Waals surface area contributed by atoms with Crippen molar-refractivity contribution in [2.24, 2.45) is 0 Å². The summed E-state index contributed by atoms with van der Waals surface area (Å²) in [4.78, 5) is 14.9. The quantitative estimate of drug-likeness (QED) is 0.832. The number of anilines is 1. The summed E-state index contributed by atoms with van der Waals surface area (Å²) in [6.07, 6.45) is 3.09. The maximum absolute atomic E-state index is 12.4. The van der Waals surface area contributed by atoms with E-state index in [1.807, 2.05) is 0 Å². The van der Waals surface area contributed by atoms with Crippen LogP contribution in [0.3, 0.4) is 0 Å². The summed E-state index contributed by atoms with van der Waals surface area (Å²) in [5.74, 6) is -0.792. The first-order valence-electron chi connectivity index (χ1n) is 6.37. The number of hydrogen-bond donors (Lipinski definition) is 2. The number of aliphatic carboxylic acids is 1. The first-order chi connectivity index (χ1) is 9.41. The summed E-state index contributed by atoms with van der Waals surface area (Å²) in [6, 6.07) is 1.95. The van der Waals surface area contributed by atoms with E-state index >= 15 is 0 Å². The van der Waals surface area contributed by atoms with Gasteiger partial charge in [0.15, 0.2) is 0 Å². The van der Waals surface area contributed by atoms with Crippen LogP contribution in [-0.4, -0.2) is 47.9 Å². The van der Waals surface area contributed by atoms with Crippen molar-refractivity contribution in [2.75, 3.05) is 18.4 Å². The molecule has 1 aliphatic heterocycles. The summed E-state index contributed by atoms with van der Waals surface area (Å²) in [7, 11) is -3.51. The van der Waals surface area contributed by atoms with Gasteiger partial charge in [0.1, 0.15) is 11.9 Å². The summed E-state index contributed by atoms with van der Waals surface area (Å²) >= 11 is 0. The molecule has 2 heterocycles. The number of carboxylic acid groups (broad SMARTS) is 1. The summed E-state index contributed by atoms with van der Waals surface area (Å²) in [5, 5.41) is 11.5. The highest BCUT2D eigenvalue weighted by Gasteiger charge is 2.27. The second kappa shape index (κ2) is 5.76.